The Kier molecular flexibility index (Phi) is 5.87. The van der Waals surface area contributed by atoms with Gasteiger partial charge in [0.1, 0.15) is 0 Å². The molecule has 2 aliphatic rings. The lowest BCUT2D eigenvalue weighted by Gasteiger charge is -2.21. The maximum atomic E-state index is 12.5. The number of carbonyl (C=O) groups excluding carboxylic acids is 1. The number of fused-ring (bicyclic) bond motifs is 1. The summed E-state index contributed by atoms with van der Waals surface area (Å²) in [5, 5.41) is 10.8. The van der Waals surface area contributed by atoms with Gasteiger partial charge in [-0.1, -0.05) is 30.3 Å². The van der Waals surface area contributed by atoms with Crippen molar-refractivity contribution in [1.29, 1.82) is 0 Å². The number of aromatic amines is 1. The summed E-state index contributed by atoms with van der Waals surface area (Å²) >= 11 is 0. The van der Waals surface area contributed by atoms with Crippen molar-refractivity contribution < 1.29 is 9.53 Å². The summed E-state index contributed by atoms with van der Waals surface area (Å²) in [5.74, 6) is 0.114. The quantitative estimate of drug-likeness (QED) is 0.787. The van der Waals surface area contributed by atoms with E-state index in [1.807, 2.05) is 18.2 Å². The summed E-state index contributed by atoms with van der Waals surface area (Å²) in [6.45, 7) is 0.608. The molecule has 27 heavy (non-hydrogen) atoms. The molecule has 1 fully saturated rings. The lowest BCUT2D eigenvalue weighted by atomic mass is 9.94. The molecule has 5 heteroatoms. The van der Waals surface area contributed by atoms with Crippen molar-refractivity contribution in [3.8, 4) is 0 Å². The largest absolute Gasteiger partial charge is 0.371 e. The lowest BCUT2D eigenvalue weighted by Crippen LogP contribution is -2.41. The minimum Gasteiger partial charge on any atom is -0.371 e. The first-order valence-corrected chi connectivity index (χ1v) is 10.3. The van der Waals surface area contributed by atoms with E-state index in [1.165, 1.54) is 29.7 Å². The first-order valence-electron chi connectivity index (χ1n) is 10.3. The molecule has 1 saturated carbocycles. The van der Waals surface area contributed by atoms with Crippen LogP contribution in [-0.4, -0.2) is 28.3 Å². The fourth-order valence-corrected chi connectivity index (χ4v) is 4.34. The highest BCUT2D eigenvalue weighted by molar-refractivity contribution is 5.76. The summed E-state index contributed by atoms with van der Waals surface area (Å²) in [7, 11) is 0. The Labute approximate surface area is 160 Å². The number of nitrogens with zero attached hydrogens (tertiary/aromatic N) is 1. The highest BCUT2D eigenvalue weighted by Gasteiger charge is 2.29. The number of hydrogen-bond acceptors (Lipinski definition) is 3. The zero-order valence-electron chi connectivity index (χ0n) is 15.9. The number of aromatic nitrogens is 2. The highest BCUT2D eigenvalue weighted by atomic mass is 16.5. The van der Waals surface area contributed by atoms with Gasteiger partial charge in [0.15, 0.2) is 0 Å². The minimum absolute atomic E-state index is 0.114. The van der Waals surface area contributed by atoms with Crippen LogP contribution in [0.3, 0.4) is 0 Å². The van der Waals surface area contributed by atoms with E-state index in [1.54, 1.807) is 0 Å². The van der Waals surface area contributed by atoms with Crippen molar-refractivity contribution in [1.82, 2.24) is 15.5 Å². The van der Waals surface area contributed by atoms with Crippen molar-refractivity contribution in [3.05, 3.63) is 52.8 Å². The zero-order valence-corrected chi connectivity index (χ0v) is 15.9. The summed E-state index contributed by atoms with van der Waals surface area (Å²) in [6.07, 6.45) is 9.13. The van der Waals surface area contributed by atoms with Gasteiger partial charge in [0.05, 0.1) is 24.4 Å². The molecule has 5 nitrogen and oxygen atoms in total. The number of carbonyl (C=O) groups is 1. The van der Waals surface area contributed by atoms with Crippen LogP contribution in [0.2, 0.25) is 0 Å². The molecule has 2 aliphatic carbocycles. The number of hydrogen-bond donors (Lipinski definition) is 2. The smallest absolute Gasteiger partial charge is 0.220 e. The van der Waals surface area contributed by atoms with Gasteiger partial charge in [0.2, 0.25) is 5.91 Å². The number of amides is 1. The van der Waals surface area contributed by atoms with E-state index in [9.17, 15) is 4.79 Å². The molecular formula is C22H29N3O2. The maximum Gasteiger partial charge on any atom is 0.220 e. The number of benzene rings is 1. The van der Waals surface area contributed by atoms with Gasteiger partial charge in [-0.05, 0) is 56.1 Å². The Morgan fingerprint density at radius 3 is 2.89 bits per heavy atom. The molecule has 0 unspecified atom stereocenters. The summed E-state index contributed by atoms with van der Waals surface area (Å²) < 4.78 is 6.10. The molecule has 1 aromatic heterocycles. The van der Waals surface area contributed by atoms with Crippen LogP contribution < -0.4 is 5.32 Å². The van der Waals surface area contributed by atoms with Crippen molar-refractivity contribution in [2.24, 2.45) is 0 Å². The highest BCUT2D eigenvalue weighted by Crippen LogP contribution is 2.25. The molecule has 0 radical (unpaired) electrons. The molecule has 2 atom stereocenters. The first kappa shape index (κ1) is 18.2. The molecule has 1 amide bonds. The van der Waals surface area contributed by atoms with E-state index in [0.717, 1.165) is 44.2 Å². The second-order valence-corrected chi connectivity index (χ2v) is 7.77. The van der Waals surface area contributed by atoms with Gasteiger partial charge in [-0.2, -0.15) is 5.10 Å². The normalized spacial score (nSPS) is 21.8. The maximum absolute atomic E-state index is 12.5. The van der Waals surface area contributed by atoms with Crippen molar-refractivity contribution in [3.63, 3.8) is 0 Å². The van der Waals surface area contributed by atoms with Crippen LogP contribution >= 0.6 is 0 Å². The van der Waals surface area contributed by atoms with Crippen LogP contribution in [0, 0.1) is 0 Å². The third-order valence-corrected chi connectivity index (χ3v) is 5.84. The van der Waals surface area contributed by atoms with Crippen molar-refractivity contribution in [2.45, 2.75) is 76.5 Å². The van der Waals surface area contributed by atoms with Gasteiger partial charge in [0, 0.05) is 18.5 Å². The Morgan fingerprint density at radius 2 is 2.00 bits per heavy atom. The van der Waals surface area contributed by atoms with E-state index >= 15 is 0 Å². The number of aryl methyl sites for hydroxylation is 2. The standard InChI is InChI=1S/C22H29N3O2/c26-22(14-13-19-17-9-4-5-10-18(17)24-25-19)23-20-11-6-12-21(20)27-15-16-7-2-1-3-8-16/h1-3,7-8,20-21H,4-6,9-15H2,(H,23,26)(H,24,25)/t20-,21-/m1/s1. The van der Waals surface area contributed by atoms with Gasteiger partial charge < -0.3 is 10.1 Å². The van der Waals surface area contributed by atoms with Gasteiger partial charge in [-0.25, -0.2) is 0 Å². The second kappa shape index (κ2) is 8.70. The lowest BCUT2D eigenvalue weighted by molar-refractivity contribution is -0.122. The predicted molar refractivity (Wildman–Crippen MR) is 104 cm³/mol. The SMILES string of the molecule is O=C(CCc1n[nH]c2c1CCCC2)N[C@@H]1CCC[C@H]1OCc1ccccc1. The molecule has 1 aromatic carbocycles. The van der Waals surface area contributed by atoms with Gasteiger partial charge in [-0.15, -0.1) is 0 Å². The number of nitrogens with one attached hydrogen (secondary N) is 2. The van der Waals surface area contributed by atoms with E-state index < -0.39 is 0 Å². The Bertz CT molecular complexity index is 756. The molecule has 0 bridgehead atoms. The molecule has 2 N–H and O–H groups in total. The second-order valence-electron chi connectivity index (χ2n) is 7.77. The van der Waals surface area contributed by atoms with Crippen LogP contribution in [-0.2, 0) is 35.4 Å². The van der Waals surface area contributed by atoms with Crippen LogP contribution in [0.25, 0.3) is 0 Å². The summed E-state index contributed by atoms with van der Waals surface area (Å²) in [4.78, 5) is 12.5. The van der Waals surface area contributed by atoms with Crippen molar-refractivity contribution >= 4 is 5.91 Å². The van der Waals surface area contributed by atoms with Gasteiger partial charge >= 0.3 is 0 Å². The molecule has 1 heterocycles. The third-order valence-electron chi connectivity index (χ3n) is 5.84. The van der Waals surface area contributed by atoms with E-state index in [4.69, 9.17) is 4.74 Å². The predicted octanol–water partition coefficient (Wildman–Crippen LogP) is 3.48. The fourth-order valence-electron chi connectivity index (χ4n) is 4.34. The Balaban J connectivity index is 1.25. The zero-order chi connectivity index (χ0) is 18.5. The fraction of sp³-hybridized carbons (Fsp3) is 0.545. The molecule has 2 aromatic rings. The molecular weight excluding hydrogens is 338 g/mol. The topological polar surface area (TPSA) is 67.0 Å². The van der Waals surface area contributed by atoms with Crippen LogP contribution in [0.1, 0.15) is 61.0 Å². The monoisotopic (exact) mass is 367 g/mol. The Hall–Kier alpha value is -2.14. The molecule has 0 aliphatic heterocycles. The van der Waals surface area contributed by atoms with Crippen LogP contribution in [0.15, 0.2) is 30.3 Å². The van der Waals surface area contributed by atoms with E-state index in [2.05, 4.69) is 27.6 Å². The minimum atomic E-state index is 0.114. The number of H-pyrrole nitrogens is 1. The molecule has 144 valence electrons. The van der Waals surface area contributed by atoms with E-state index in [0.29, 0.717) is 13.0 Å². The average molecular weight is 367 g/mol. The average Bonchev–Trinajstić information content (AvgIpc) is 3.32. The summed E-state index contributed by atoms with van der Waals surface area (Å²) in [6, 6.07) is 10.4. The molecule has 4 rings (SSSR count). The summed E-state index contributed by atoms with van der Waals surface area (Å²) in [5.41, 5.74) is 4.90. The molecule has 0 saturated heterocycles. The van der Waals surface area contributed by atoms with Crippen molar-refractivity contribution in [2.75, 3.05) is 0 Å². The molecule has 0 spiro atoms. The third kappa shape index (κ3) is 4.59. The first-order chi connectivity index (χ1) is 13.3. The van der Waals surface area contributed by atoms with Crippen LogP contribution in [0.5, 0.6) is 0 Å². The van der Waals surface area contributed by atoms with Gasteiger partial charge in [-0.3, -0.25) is 9.89 Å². The van der Waals surface area contributed by atoms with Crippen LogP contribution in [0.4, 0.5) is 0 Å². The van der Waals surface area contributed by atoms with E-state index in [-0.39, 0.29) is 18.1 Å². The van der Waals surface area contributed by atoms with Gasteiger partial charge in [0.25, 0.3) is 0 Å². The number of rotatable bonds is 7. The Morgan fingerprint density at radius 1 is 1.15 bits per heavy atom. The number of ether oxygens (including phenoxy) is 1.